The molecule has 0 aromatic heterocycles. The normalized spacial score (nSPS) is 14.2. The Balaban J connectivity index is 2.71. The van der Waals surface area contributed by atoms with Gasteiger partial charge < -0.3 is 19.3 Å². The van der Waals surface area contributed by atoms with Crippen molar-refractivity contribution in [1.29, 1.82) is 0 Å². The molecule has 0 saturated heterocycles. The third kappa shape index (κ3) is 7.87. The van der Waals surface area contributed by atoms with Crippen molar-refractivity contribution in [2.75, 3.05) is 6.61 Å². The monoisotopic (exact) mass is 414 g/mol. The Labute approximate surface area is 171 Å². The van der Waals surface area contributed by atoms with Crippen LogP contribution in [-0.2, 0) is 14.7 Å². The summed E-state index contributed by atoms with van der Waals surface area (Å²) in [7, 11) is -4.32. The van der Waals surface area contributed by atoms with Gasteiger partial charge in [-0.05, 0) is 62.6 Å². The van der Waals surface area contributed by atoms with Gasteiger partial charge >= 0.3 is 7.60 Å². The van der Waals surface area contributed by atoms with E-state index in [0.29, 0.717) is 6.42 Å². The van der Waals surface area contributed by atoms with Crippen molar-refractivity contribution in [3.63, 3.8) is 0 Å². The standard InChI is InChI=1S/C22H39O5P/c1-19(2,3)16-20(4,5)17-10-12-18(13-11-17)27-21(6,7)14-15-26-22(8,9)28(23,24)25/h10-13H,14-16H2,1-9H3,(H2,23,24,25). The summed E-state index contributed by atoms with van der Waals surface area (Å²) in [6.45, 7) is 18.2. The molecule has 1 aromatic carbocycles. The molecule has 6 heteroatoms. The van der Waals surface area contributed by atoms with Crippen LogP contribution in [0.25, 0.3) is 0 Å². The molecule has 0 unspecified atom stereocenters. The van der Waals surface area contributed by atoms with Crippen LogP contribution in [0.3, 0.4) is 0 Å². The fraction of sp³-hybridized carbons (Fsp3) is 0.727. The highest BCUT2D eigenvalue weighted by atomic mass is 31.2. The Morgan fingerprint density at radius 1 is 0.893 bits per heavy atom. The Morgan fingerprint density at radius 3 is 1.82 bits per heavy atom. The average Bonchev–Trinajstić information content (AvgIpc) is 2.43. The van der Waals surface area contributed by atoms with Crippen LogP contribution >= 0.6 is 7.60 Å². The lowest BCUT2D eigenvalue weighted by Crippen LogP contribution is -2.33. The maximum absolute atomic E-state index is 11.4. The second kappa shape index (κ2) is 8.47. The van der Waals surface area contributed by atoms with Gasteiger partial charge in [0.2, 0.25) is 0 Å². The second-order valence-electron chi connectivity index (χ2n) is 10.6. The van der Waals surface area contributed by atoms with E-state index in [1.54, 1.807) is 0 Å². The molecule has 0 amide bonds. The Bertz CT molecular complexity index is 678. The highest BCUT2D eigenvalue weighted by molar-refractivity contribution is 7.53. The third-order valence-electron chi connectivity index (χ3n) is 4.86. The predicted octanol–water partition coefficient (Wildman–Crippen LogP) is 5.88. The maximum atomic E-state index is 11.4. The quantitative estimate of drug-likeness (QED) is 0.494. The predicted molar refractivity (Wildman–Crippen MR) is 115 cm³/mol. The highest BCUT2D eigenvalue weighted by Gasteiger charge is 2.39. The number of rotatable bonds is 9. The molecule has 0 heterocycles. The summed E-state index contributed by atoms with van der Waals surface area (Å²) >= 11 is 0. The van der Waals surface area contributed by atoms with Gasteiger partial charge in [-0.3, -0.25) is 4.57 Å². The molecule has 0 saturated carbocycles. The van der Waals surface area contributed by atoms with Crippen molar-refractivity contribution >= 4 is 7.60 Å². The molecule has 1 rings (SSSR count). The van der Waals surface area contributed by atoms with E-state index in [9.17, 15) is 14.4 Å². The Morgan fingerprint density at radius 2 is 1.39 bits per heavy atom. The lowest BCUT2D eigenvalue weighted by Gasteiger charge is -2.33. The first-order valence-corrected chi connectivity index (χ1v) is 11.5. The van der Waals surface area contributed by atoms with Crippen LogP contribution in [0.1, 0.15) is 80.7 Å². The van der Waals surface area contributed by atoms with Gasteiger partial charge in [0.25, 0.3) is 0 Å². The third-order valence-corrected chi connectivity index (χ3v) is 6.40. The molecule has 2 N–H and O–H groups in total. The average molecular weight is 415 g/mol. The largest absolute Gasteiger partial charge is 0.488 e. The molecule has 0 radical (unpaired) electrons. The van der Waals surface area contributed by atoms with E-state index < -0.39 is 18.5 Å². The molecule has 5 nitrogen and oxygen atoms in total. The van der Waals surface area contributed by atoms with Crippen molar-refractivity contribution in [1.82, 2.24) is 0 Å². The molecule has 28 heavy (non-hydrogen) atoms. The van der Waals surface area contributed by atoms with Gasteiger partial charge in [0.1, 0.15) is 11.4 Å². The van der Waals surface area contributed by atoms with Crippen molar-refractivity contribution in [2.45, 2.75) is 91.5 Å². The summed E-state index contributed by atoms with van der Waals surface area (Å²) in [5, 5.41) is -1.50. The fourth-order valence-corrected chi connectivity index (χ4v) is 3.66. The van der Waals surface area contributed by atoms with Gasteiger partial charge in [0.05, 0.1) is 6.61 Å². The van der Waals surface area contributed by atoms with E-state index >= 15 is 0 Å². The zero-order valence-corrected chi connectivity index (χ0v) is 19.9. The summed E-state index contributed by atoms with van der Waals surface area (Å²) in [6.07, 6.45) is 1.59. The van der Waals surface area contributed by atoms with Crippen molar-refractivity contribution < 1.29 is 23.8 Å². The summed E-state index contributed by atoms with van der Waals surface area (Å²) in [6, 6.07) is 8.21. The first-order valence-electron chi connectivity index (χ1n) is 9.84. The maximum Gasteiger partial charge on any atom is 0.356 e. The van der Waals surface area contributed by atoms with Gasteiger partial charge in [-0.2, -0.15) is 0 Å². The minimum atomic E-state index is -4.32. The second-order valence-corrected chi connectivity index (χ2v) is 12.8. The molecule has 0 fully saturated rings. The van der Waals surface area contributed by atoms with Crippen molar-refractivity contribution in [2.24, 2.45) is 5.41 Å². The summed E-state index contributed by atoms with van der Waals surface area (Å²) < 4.78 is 23.0. The summed E-state index contributed by atoms with van der Waals surface area (Å²) in [4.78, 5) is 18.7. The Kier molecular flexibility index (Phi) is 7.62. The van der Waals surface area contributed by atoms with Crippen LogP contribution in [0.2, 0.25) is 0 Å². The van der Waals surface area contributed by atoms with Crippen LogP contribution < -0.4 is 4.74 Å². The number of hydrogen-bond donors (Lipinski definition) is 2. The number of benzene rings is 1. The highest BCUT2D eigenvalue weighted by Crippen LogP contribution is 2.50. The first-order chi connectivity index (χ1) is 12.3. The number of hydrogen-bond acceptors (Lipinski definition) is 3. The minimum Gasteiger partial charge on any atom is -0.488 e. The van der Waals surface area contributed by atoms with Gasteiger partial charge in [-0.25, -0.2) is 0 Å². The molecule has 0 aliphatic heterocycles. The molecule has 0 aliphatic carbocycles. The lowest BCUT2D eigenvalue weighted by molar-refractivity contribution is -0.00830. The van der Waals surface area contributed by atoms with E-state index in [4.69, 9.17) is 9.47 Å². The van der Waals surface area contributed by atoms with Gasteiger partial charge in [0, 0.05) is 6.42 Å². The summed E-state index contributed by atoms with van der Waals surface area (Å²) in [5.74, 6) is 0.773. The molecule has 0 spiro atoms. The van der Waals surface area contributed by atoms with Crippen LogP contribution in [0.15, 0.2) is 24.3 Å². The SMILES string of the molecule is CC(C)(C)CC(C)(C)c1ccc(OC(C)(C)CCOC(C)(C)P(=O)(O)O)cc1. The molecular formula is C22H39O5P. The first kappa shape index (κ1) is 25.2. The topological polar surface area (TPSA) is 76.0 Å². The van der Waals surface area contributed by atoms with Gasteiger partial charge in [-0.1, -0.05) is 46.8 Å². The Hall–Kier alpha value is -0.870. The van der Waals surface area contributed by atoms with E-state index in [-0.39, 0.29) is 17.4 Å². The lowest BCUT2D eigenvalue weighted by atomic mass is 9.72. The number of ether oxygens (including phenoxy) is 2. The van der Waals surface area contributed by atoms with Gasteiger partial charge in [-0.15, -0.1) is 0 Å². The van der Waals surface area contributed by atoms with Crippen LogP contribution in [0.4, 0.5) is 0 Å². The molecule has 0 atom stereocenters. The van der Waals surface area contributed by atoms with Crippen LogP contribution in [-0.4, -0.2) is 27.3 Å². The van der Waals surface area contributed by atoms with Crippen molar-refractivity contribution in [3.8, 4) is 5.75 Å². The molecule has 0 aliphatic rings. The minimum absolute atomic E-state index is 0.0776. The smallest absolute Gasteiger partial charge is 0.356 e. The molecular weight excluding hydrogens is 375 g/mol. The van der Waals surface area contributed by atoms with Crippen molar-refractivity contribution in [3.05, 3.63) is 29.8 Å². The molecule has 162 valence electrons. The van der Waals surface area contributed by atoms with E-state index in [1.807, 2.05) is 26.0 Å². The fourth-order valence-electron chi connectivity index (χ4n) is 3.40. The molecule has 1 aromatic rings. The van der Waals surface area contributed by atoms with Crippen LogP contribution in [0.5, 0.6) is 5.75 Å². The van der Waals surface area contributed by atoms with Crippen LogP contribution in [0, 0.1) is 5.41 Å². The van der Waals surface area contributed by atoms with E-state index in [1.165, 1.54) is 19.4 Å². The van der Waals surface area contributed by atoms with E-state index in [0.717, 1.165) is 12.2 Å². The molecule has 0 bridgehead atoms. The van der Waals surface area contributed by atoms with E-state index in [2.05, 4.69) is 46.8 Å². The zero-order chi connectivity index (χ0) is 22.0. The van der Waals surface area contributed by atoms with Gasteiger partial charge in [0.15, 0.2) is 5.34 Å². The zero-order valence-electron chi connectivity index (χ0n) is 19.0. The summed E-state index contributed by atoms with van der Waals surface area (Å²) in [5.41, 5.74) is 1.09.